The second-order valence-electron chi connectivity index (χ2n) is 7.75. The van der Waals surface area contributed by atoms with E-state index in [1.54, 1.807) is 6.92 Å². The van der Waals surface area contributed by atoms with E-state index in [2.05, 4.69) is 32.2 Å². The van der Waals surface area contributed by atoms with Crippen LogP contribution < -0.4 is 5.32 Å². The van der Waals surface area contributed by atoms with Gasteiger partial charge in [0.05, 0.1) is 22.6 Å². The van der Waals surface area contributed by atoms with E-state index in [0.717, 1.165) is 42.5 Å². The van der Waals surface area contributed by atoms with Crippen molar-refractivity contribution in [2.45, 2.75) is 70.9 Å². The Morgan fingerprint density at radius 2 is 1.73 bits per heavy atom. The lowest BCUT2D eigenvalue weighted by molar-refractivity contribution is -0.113. The zero-order valence-electron chi connectivity index (χ0n) is 17.9. The molecule has 3 rings (SSSR count). The van der Waals surface area contributed by atoms with Crippen LogP contribution in [-0.4, -0.2) is 26.4 Å². The van der Waals surface area contributed by atoms with Crippen LogP contribution in [0.4, 0.5) is 5.82 Å². The van der Waals surface area contributed by atoms with Gasteiger partial charge in [-0.3, -0.25) is 4.79 Å². The number of carbonyl (C=O) groups excluding carboxylic acids is 1. The molecule has 0 spiro atoms. The molecular weight excluding hydrogens is 396 g/mol. The maximum atomic E-state index is 12.8. The molecule has 0 aromatic carbocycles. The quantitative estimate of drug-likeness (QED) is 0.711. The summed E-state index contributed by atoms with van der Waals surface area (Å²) in [5.41, 5.74) is 4.41. The van der Waals surface area contributed by atoms with Gasteiger partial charge in [0.2, 0.25) is 5.91 Å². The fourth-order valence-corrected chi connectivity index (χ4v) is 4.79. The highest BCUT2D eigenvalue weighted by Crippen LogP contribution is 2.37. The van der Waals surface area contributed by atoms with Crippen LogP contribution in [-0.2, 0) is 4.79 Å². The fraction of sp³-hybridized carbons (Fsp3) is 0.500. The third-order valence-electron chi connectivity index (χ3n) is 5.94. The molecular formula is C22H26N6OS. The number of thioether (sulfide) groups is 1. The maximum Gasteiger partial charge on any atom is 0.235 e. The van der Waals surface area contributed by atoms with Crippen molar-refractivity contribution in [1.29, 1.82) is 10.5 Å². The first kappa shape index (κ1) is 21.9. The minimum absolute atomic E-state index is 0.0880. The van der Waals surface area contributed by atoms with Crippen LogP contribution in [0.5, 0.6) is 0 Å². The minimum Gasteiger partial charge on any atom is -0.327 e. The van der Waals surface area contributed by atoms with E-state index in [1.807, 2.05) is 20.8 Å². The van der Waals surface area contributed by atoms with Crippen molar-refractivity contribution in [2.75, 3.05) is 11.1 Å². The third kappa shape index (κ3) is 4.20. The first-order valence-electron chi connectivity index (χ1n) is 10.2. The van der Waals surface area contributed by atoms with Crippen LogP contribution in [0.25, 0.3) is 0 Å². The zero-order valence-corrected chi connectivity index (χ0v) is 18.7. The highest BCUT2D eigenvalue weighted by atomic mass is 32.2. The summed E-state index contributed by atoms with van der Waals surface area (Å²) in [6, 6.07) is 4.73. The number of anilines is 1. The number of carbonyl (C=O) groups is 1. The largest absolute Gasteiger partial charge is 0.327 e. The van der Waals surface area contributed by atoms with Crippen molar-refractivity contribution in [2.24, 2.45) is 0 Å². The van der Waals surface area contributed by atoms with Gasteiger partial charge in [-0.1, -0.05) is 31.0 Å². The Morgan fingerprint density at radius 1 is 1.07 bits per heavy atom. The van der Waals surface area contributed by atoms with E-state index in [-0.39, 0.29) is 11.7 Å². The first-order valence-corrected chi connectivity index (χ1v) is 11.2. The number of nitrogens with zero attached hydrogens (tertiary/aromatic N) is 5. The summed E-state index contributed by atoms with van der Waals surface area (Å²) in [6.45, 7) is 7.58. The van der Waals surface area contributed by atoms with Crippen LogP contribution in [0.1, 0.15) is 71.8 Å². The molecule has 1 saturated carbocycles. The molecule has 0 atom stereocenters. The molecule has 0 radical (unpaired) electrons. The second-order valence-corrected chi connectivity index (χ2v) is 8.71. The van der Waals surface area contributed by atoms with Crippen LogP contribution in [0.2, 0.25) is 0 Å². The standard InChI is InChI=1S/C22H26N6OS/c1-13-15(3)26-27-22(19(13)11-24)30-12-20(29)25-21-18(10-23)14(2)16(4)28(21)17-8-6-5-7-9-17/h17H,5-9,12H2,1-4H3,(H,25,29). The summed E-state index contributed by atoms with van der Waals surface area (Å²) in [7, 11) is 0. The van der Waals surface area contributed by atoms with Gasteiger partial charge in [0.1, 0.15) is 23.0 Å². The van der Waals surface area contributed by atoms with Crippen LogP contribution in [0.15, 0.2) is 5.03 Å². The van der Waals surface area contributed by atoms with Crippen molar-refractivity contribution in [3.63, 3.8) is 0 Å². The Balaban J connectivity index is 1.82. The first-order chi connectivity index (χ1) is 14.4. The Morgan fingerprint density at radius 3 is 2.37 bits per heavy atom. The van der Waals surface area contributed by atoms with E-state index >= 15 is 0 Å². The lowest BCUT2D eigenvalue weighted by atomic mass is 9.95. The molecule has 1 aliphatic carbocycles. The summed E-state index contributed by atoms with van der Waals surface area (Å²) >= 11 is 1.19. The minimum atomic E-state index is -0.227. The summed E-state index contributed by atoms with van der Waals surface area (Å²) in [6.07, 6.45) is 5.67. The van der Waals surface area contributed by atoms with Crippen molar-refractivity contribution < 1.29 is 4.79 Å². The van der Waals surface area contributed by atoms with Gasteiger partial charge in [0.15, 0.2) is 0 Å². The molecule has 0 unspecified atom stereocenters. The highest BCUT2D eigenvalue weighted by molar-refractivity contribution is 8.00. The fourth-order valence-electron chi connectivity index (χ4n) is 4.00. The molecule has 7 nitrogen and oxygen atoms in total. The number of rotatable bonds is 5. The molecule has 1 N–H and O–H groups in total. The zero-order chi connectivity index (χ0) is 21.8. The second kappa shape index (κ2) is 9.32. The number of nitriles is 2. The van der Waals surface area contributed by atoms with Gasteiger partial charge in [-0.05, 0) is 51.7 Å². The highest BCUT2D eigenvalue weighted by Gasteiger charge is 2.26. The SMILES string of the molecule is Cc1nnc(SCC(=O)Nc2c(C#N)c(C)c(C)n2C2CCCCC2)c(C#N)c1C. The number of aryl methyl sites for hydroxylation is 1. The van der Waals surface area contributed by atoms with Crippen LogP contribution in [0.3, 0.4) is 0 Å². The maximum absolute atomic E-state index is 12.8. The molecule has 0 saturated heterocycles. The molecule has 30 heavy (non-hydrogen) atoms. The van der Waals surface area contributed by atoms with E-state index in [0.29, 0.717) is 33.7 Å². The summed E-state index contributed by atoms with van der Waals surface area (Å²) in [5, 5.41) is 30.7. The summed E-state index contributed by atoms with van der Waals surface area (Å²) < 4.78 is 2.14. The molecule has 156 valence electrons. The van der Waals surface area contributed by atoms with Crippen molar-refractivity contribution >= 4 is 23.5 Å². The smallest absolute Gasteiger partial charge is 0.235 e. The number of aromatic nitrogens is 3. The molecule has 2 aromatic rings. The Hall–Kier alpha value is -2.84. The number of hydrogen-bond acceptors (Lipinski definition) is 6. The summed E-state index contributed by atoms with van der Waals surface area (Å²) in [5.74, 6) is 0.455. The average Bonchev–Trinajstić information content (AvgIpc) is 2.98. The van der Waals surface area contributed by atoms with Crippen LogP contribution in [0, 0.1) is 50.4 Å². The Bertz CT molecular complexity index is 1050. The van der Waals surface area contributed by atoms with E-state index in [9.17, 15) is 15.3 Å². The van der Waals surface area contributed by atoms with Crippen molar-refractivity contribution in [1.82, 2.24) is 14.8 Å². The van der Waals surface area contributed by atoms with Gasteiger partial charge in [0, 0.05) is 11.7 Å². The molecule has 0 aliphatic heterocycles. The monoisotopic (exact) mass is 422 g/mol. The molecule has 8 heteroatoms. The number of amides is 1. The topological polar surface area (TPSA) is 107 Å². The number of hydrogen-bond donors (Lipinski definition) is 1. The van der Waals surface area contributed by atoms with E-state index < -0.39 is 0 Å². The normalized spacial score (nSPS) is 14.2. The van der Waals surface area contributed by atoms with Gasteiger partial charge >= 0.3 is 0 Å². The van der Waals surface area contributed by atoms with Crippen LogP contribution >= 0.6 is 11.8 Å². The number of nitrogens with one attached hydrogen (secondary N) is 1. The van der Waals surface area contributed by atoms with Gasteiger partial charge in [-0.15, -0.1) is 5.10 Å². The molecule has 1 aliphatic rings. The van der Waals surface area contributed by atoms with Crippen molar-refractivity contribution in [3.8, 4) is 12.1 Å². The lowest BCUT2D eigenvalue weighted by Crippen LogP contribution is -2.22. The molecule has 1 amide bonds. The molecule has 2 heterocycles. The predicted octanol–water partition coefficient (Wildman–Crippen LogP) is 4.49. The van der Waals surface area contributed by atoms with E-state index in [1.165, 1.54) is 18.2 Å². The molecule has 2 aromatic heterocycles. The third-order valence-corrected chi connectivity index (χ3v) is 6.91. The van der Waals surface area contributed by atoms with Gasteiger partial charge < -0.3 is 9.88 Å². The predicted molar refractivity (Wildman–Crippen MR) is 116 cm³/mol. The van der Waals surface area contributed by atoms with Gasteiger partial charge in [-0.25, -0.2) is 0 Å². The van der Waals surface area contributed by atoms with Crippen molar-refractivity contribution in [3.05, 3.63) is 33.6 Å². The summed E-state index contributed by atoms with van der Waals surface area (Å²) in [4.78, 5) is 12.8. The molecule has 1 fully saturated rings. The molecule has 0 bridgehead atoms. The van der Waals surface area contributed by atoms with E-state index in [4.69, 9.17) is 0 Å². The average molecular weight is 423 g/mol. The van der Waals surface area contributed by atoms with Gasteiger partial charge in [0.25, 0.3) is 0 Å². The lowest BCUT2D eigenvalue weighted by Gasteiger charge is -2.27. The Kier molecular flexibility index (Phi) is 6.79. The Labute approximate surface area is 181 Å². The van der Waals surface area contributed by atoms with Gasteiger partial charge in [-0.2, -0.15) is 15.6 Å².